The maximum atomic E-state index is 12.5. The molecule has 1 atom stereocenters. The van der Waals surface area contributed by atoms with Crippen molar-refractivity contribution in [2.75, 3.05) is 38.2 Å². The maximum Gasteiger partial charge on any atom is 0.321 e. The minimum absolute atomic E-state index is 0.0128. The molecule has 0 bridgehead atoms. The summed E-state index contributed by atoms with van der Waals surface area (Å²) in [6.07, 6.45) is 0. The number of aliphatic hydroxyl groups is 1. The lowest BCUT2D eigenvalue weighted by Gasteiger charge is -2.23. The van der Waals surface area contributed by atoms with E-state index < -0.39 is 0 Å². The Hall–Kier alpha value is -2.28. The number of ether oxygens (including phenoxy) is 2. The number of nitrogens with one attached hydrogen (secondary N) is 1. The number of nitrogens with zero attached hydrogens (tertiary/aromatic N) is 1. The van der Waals surface area contributed by atoms with Crippen molar-refractivity contribution in [3.63, 3.8) is 0 Å². The number of hydrogen-bond donors (Lipinski definition) is 2. The summed E-state index contributed by atoms with van der Waals surface area (Å²) >= 11 is 6.28. The fourth-order valence-electron chi connectivity index (χ4n) is 2.65. The molecule has 0 aromatic heterocycles. The quantitative estimate of drug-likeness (QED) is 0.855. The van der Waals surface area contributed by atoms with E-state index >= 15 is 0 Å². The van der Waals surface area contributed by atoms with Crippen LogP contribution in [0, 0.1) is 5.92 Å². The predicted octanol–water partition coefficient (Wildman–Crippen LogP) is 3.60. The Kier molecular flexibility index (Phi) is 6.33. The zero-order chi connectivity index (χ0) is 18.4. The van der Waals surface area contributed by atoms with Crippen LogP contribution in [-0.2, 0) is 4.74 Å². The van der Waals surface area contributed by atoms with Crippen molar-refractivity contribution < 1.29 is 19.4 Å². The molecular formula is C19H21ClN2O4. The van der Waals surface area contributed by atoms with Gasteiger partial charge in [-0.2, -0.15) is 0 Å². The van der Waals surface area contributed by atoms with Gasteiger partial charge in [-0.05, 0) is 30.3 Å². The van der Waals surface area contributed by atoms with Gasteiger partial charge in [-0.25, -0.2) is 4.79 Å². The highest BCUT2D eigenvalue weighted by molar-refractivity contribution is 6.32. The first kappa shape index (κ1) is 18.5. The van der Waals surface area contributed by atoms with E-state index in [2.05, 4.69) is 5.32 Å². The zero-order valence-corrected chi connectivity index (χ0v) is 15.0. The van der Waals surface area contributed by atoms with Crippen LogP contribution in [0.4, 0.5) is 10.5 Å². The highest BCUT2D eigenvalue weighted by atomic mass is 35.5. The number of rotatable bonds is 4. The van der Waals surface area contributed by atoms with E-state index in [1.165, 1.54) is 0 Å². The molecule has 1 fully saturated rings. The molecule has 2 aromatic rings. The first-order chi connectivity index (χ1) is 12.7. The zero-order valence-electron chi connectivity index (χ0n) is 14.2. The summed E-state index contributed by atoms with van der Waals surface area (Å²) in [6, 6.07) is 14.2. The minimum Gasteiger partial charge on any atom is -0.456 e. The summed E-state index contributed by atoms with van der Waals surface area (Å²) in [4.78, 5) is 14.1. The van der Waals surface area contributed by atoms with Gasteiger partial charge in [-0.3, -0.25) is 0 Å². The lowest BCUT2D eigenvalue weighted by molar-refractivity contribution is 0.0958. The van der Waals surface area contributed by atoms with E-state index in [0.717, 1.165) is 0 Å². The molecule has 0 unspecified atom stereocenters. The Morgan fingerprint density at radius 3 is 2.85 bits per heavy atom. The van der Waals surface area contributed by atoms with Crippen LogP contribution >= 0.6 is 11.6 Å². The van der Waals surface area contributed by atoms with Crippen LogP contribution in [0.5, 0.6) is 11.5 Å². The number of amides is 2. The van der Waals surface area contributed by atoms with Crippen LogP contribution < -0.4 is 10.1 Å². The van der Waals surface area contributed by atoms with Crippen LogP contribution in [0.1, 0.15) is 0 Å². The lowest BCUT2D eigenvalue weighted by atomic mass is 10.2. The molecule has 2 N–H and O–H groups in total. The summed E-state index contributed by atoms with van der Waals surface area (Å²) in [5.41, 5.74) is 0.575. The van der Waals surface area contributed by atoms with Gasteiger partial charge in [-0.1, -0.05) is 29.8 Å². The van der Waals surface area contributed by atoms with Crippen LogP contribution in [0.3, 0.4) is 0 Å². The molecule has 2 amide bonds. The Morgan fingerprint density at radius 2 is 2.12 bits per heavy atom. The number of halogens is 1. The number of urea groups is 1. The van der Waals surface area contributed by atoms with Crippen LogP contribution in [0.25, 0.3) is 0 Å². The SMILES string of the molecule is O=C(Nc1ccc(Oc2ccccc2)c(Cl)c1)N1CCOC[C@H](CO)C1. The van der Waals surface area contributed by atoms with Gasteiger partial charge in [0.2, 0.25) is 0 Å². The maximum absolute atomic E-state index is 12.5. The molecule has 1 aliphatic rings. The van der Waals surface area contributed by atoms with Crippen molar-refractivity contribution in [3.8, 4) is 11.5 Å². The molecule has 26 heavy (non-hydrogen) atoms. The molecule has 0 radical (unpaired) electrons. The van der Waals surface area contributed by atoms with E-state index in [4.69, 9.17) is 21.1 Å². The van der Waals surface area contributed by atoms with E-state index in [9.17, 15) is 9.90 Å². The minimum atomic E-state index is -0.248. The van der Waals surface area contributed by atoms with Crippen LogP contribution in [0.15, 0.2) is 48.5 Å². The molecule has 6 nitrogen and oxygen atoms in total. The van der Waals surface area contributed by atoms with Gasteiger partial charge in [0, 0.05) is 31.3 Å². The molecular weight excluding hydrogens is 356 g/mol. The third-order valence-corrected chi connectivity index (χ3v) is 4.33. The number of para-hydroxylation sites is 1. The van der Waals surface area contributed by atoms with Crippen molar-refractivity contribution in [2.45, 2.75) is 0 Å². The highest BCUT2D eigenvalue weighted by Crippen LogP contribution is 2.31. The monoisotopic (exact) mass is 376 g/mol. The highest BCUT2D eigenvalue weighted by Gasteiger charge is 2.22. The summed E-state index contributed by atoms with van der Waals surface area (Å²) in [5, 5.41) is 12.6. The van der Waals surface area contributed by atoms with Gasteiger partial charge in [0.1, 0.15) is 11.5 Å². The molecule has 138 valence electrons. The van der Waals surface area contributed by atoms with E-state index in [1.54, 1.807) is 23.1 Å². The average molecular weight is 377 g/mol. The summed E-state index contributed by atoms with van der Waals surface area (Å²) in [7, 11) is 0. The van der Waals surface area contributed by atoms with E-state index in [-0.39, 0.29) is 18.6 Å². The first-order valence-electron chi connectivity index (χ1n) is 8.42. The fourth-order valence-corrected chi connectivity index (χ4v) is 2.87. The number of carbonyl (C=O) groups is 1. The van der Waals surface area contributed by atoms with E-state index in [0.29, 0.717) is 48.5 Å². The molecule has 7 heteroatoms. The summed E-state index contributed by atoms with van der Waals surface area (Å²) < 4.78 is 11.1. The van der Waals surface area contributed by atoms with Gasteiger partial charge in [0.25, 0.3) is 0 Å². The smallest absolute Gasteiger partial charge is 0.321 e. The fraction of sp³-hybridized carbons (Fsp3) is 0.316. The third kappa shape index (κ3) is 4.88. The molecule has 3 rings (SSSR count). The van der Waals surface area contributed by atoms with Crippen LogP contribution in [0.2, 0.25) is 5.02 Å². The molecule has 0 spiro atoms. The van der Waals surface area contributed by atoms with Crippen molar-refractivity contribution in [3.05, 3.63) is 53.6 Å². The van der Waals surface area contributed by atoms with Crippen molar-refractivity contribution in [1.29, 1.82) is 0 Å². The van der Waals surface area contributed by atoms with Crippen LogP contribution in [-0.4, -0.2) is 48.9 Å². The summed E-state index contributed by atoms with van der Waals surface area (Å²) in [5.74, 6) is 1.12. The Bertz CT molecular complexity index is 742. The topological polar surface area (TPSA) is 71.0 Å². The normalized spacial score (nSPS) is 17.5. The third-order valence-electron chi connectivity index (χ3n) is 4.04. The Balaban J connectivity index is 1.64. The second-order valence-electron chi connectivity index (χ2n) is 6.06. The number of aliphatic hydroxyl groups excluding tert-OH is 1. The van der Waals surface area contributed by atoms with Crippen molar-refractivity contribution in [2.24, 2.45) is 5.92 Å². The average Bonchev–Trinajstić information content (AvgIpc) is 2.91. The standard InChI is InChI=1S/C19H21ClN2O4/c20-17-10-15(6-7-18(17)26-16-4-2-1-3-5-16)21-19(24)22-8-9-25-13-14(11-22)12-23/h1-7,10,14,23H,8-9,11-13H2,(H,21,24)/t14-/m0/s1. The van der Waals surface area contributed by atoms with Gasteiger partial charge in [0.05, 0.1) is 18.2 Å². The largest absolute Gasteiger partial charge is 0.456 e. The van der Waals surface area contributed by atoms with Gasteiger partial charge >= 0.3 is 6.03 Å². The van der Waals surface area contributed by atoms with Gasteiger partial charge in [-0.15, -0.1) is 0 Å². The molecule has 0 saturated carbocycles. The molecule has 2 aromatic carbocycles. The summed E-state index contributed by atoms with van der Waals surface area (Å²) in [6.45, 7) is 1.82. The molecule has 1 saturated heterocycles. The Labute approximate surface area is 157 Å². The number of hydrogen-bond acceptors (Lipinski definition) is 4. The van der Waals surface area contributed by atoms with Crippen molar-refractivity contribution >= 4 is 23.3 Å². The van der Waals surface area contributed by atoms with Gasteiger partial charge < -0.3 is 24.8 Å². The second kappa shape index (κ2) is 8.89. The number of benzene rings is 2. The lowest BCUT2D eigenvalue weighted by Crippen LogP contribution is -2.39. The predicted molar refractivity (Wildman–Crippen MR) is 100.0 cm³/mol. The van der Waals surface area contributed by atoms with Crippen molar-refractivity contribution in [1.82, 2.24) is 4.90 Å². The second-order valence-corrected chi connectivity index (χ2v) is 6.47. The van der Waals surface area contributed by atoms with Gasteiger partial charge in [0.15, 0.2) is 0 Å². The number of carbonyl (C=O) groups excluding carboxylic acids is 1. The first-order valence-corrected chi connectivity index (χ1v) is 8.80. The molecule has 0 aliphatic carbocycles. The molecule has 1 aliphatic heterocycles. The van der Waals surface area contributed by atoms with E-state index in [1.807, 2.05) is 30.3 Å². The molecule has 1 heterocycles. The Morgan fingerprint density at radius 1 is 1.31 bits per heavy atom. The number of anilines is 1.